The van der Waals surface area contributed by atoms with Crippen LogP contribution in [0.1, 0.15) is 0 Å². The molecule has 1 N–H and O–H groups in total. The maximum Gasteiger partial charge on any atom is 0.286 e. The van der Waals surface area contributed by atoms with Gasteiger partial charge < -0.3 is 9.84 Å². The fourth-order valence-electron chi connectivity index (χ4n) is 1.51. The Kier molecular flexibility index (Phi) is 3.91. The first-order chi connectivity index (χ1) is 9.10. The van der Waals surface area contributed by atoms with Gasteiger partial charge in [0.15, 0.2) is 0 Å². The molecular formula is C13H11NO4S. The summed E-state index contributed by atoms with van der Waals surface area (Å²) in [6, 6.07) is 11.3. The van der Waals surface area contributed by atoms with E-state index in [0.29, 0.717) is 4.90 Å². The van der Waals surface area contributed by atoms with Gasteiger partial charge in [-0.15, -0.1) is 0 Å². The molecule has 0 amide bonds. The quantitative estimate of drug-likeness (QED) is 0.684. The van der Waals surface area contributed by atoms with E-state index in [2.05, 4.69) is 0 Å². The van der Waals surface area contributed by atoms with Gasteiger partial charge in [0.25, 0.3) is 5.69 Å². The van der Waals surface area contributed by atoms with Gasteiger partial charge in [-0.1, -0.05) is 11.8 Å². The first-order valence-corrected chi connectivity index (χ1v) is 6.21. The minimum absolute atomic E-state index is 0.110. The molecule has 2 aromatic carbocycles. The van der Waals surface area contributed by atoms with Crippen LogP contribution in [-0.4, -0.2) is 17.1 Å². The van der Waals surface area contributed by atoms with Crippen LogP contribution >= 0.6 is 11.8 Å². The number of rotatable bonds is 4. The first-order valence-electron chi connectivity index (χ1n) is 5.39. The van der Waals surface area contributed by atoms with Crippen LogP contribution in [0.4, 0.5) is 5.69 Å². The van der Waals surface area contributed by atoms with Crippen molar-refractivity contribution in [3.05, 3.63) is 52.6 Å². The fourth-order valence-corrected chi connectivity index (χ4v) is 2.41. The summed E-state index contributed by atoms with van der Waals surface area (Å²) in [6.45, 7) is 0. The summed E-state index contributed by atoms with van der Waals surface area (Å²) in [5.41, 5.74) is -0.110. The molecule has 19 heavy (non-hydrogen) atoms. The van der Waals surface area contributed by atoms with Gasteiger partial charge in [0, 0.05) is 4.90 Å². The van der Waals surface area contributed by atoms with Gasteiger partial charge >= 0.3 is 0 Å². The number of nitro benzene ring substituents is 1. The molecule has 0 aliphatic rings. The highest BCUT2D eigenvalue weighted by Gasteiger charge is 2.15. The Morgan fingerprint density at radius 2 is 1.89 bits per heavy atom. The average molecular weight is 277 g/mol. The average Bonchev–Trinajstić information content (AvgIpc) is 2.41. The van der Waals surface area contributed by atoms with Gasteiger partial charge in [0.2, 0.25) is 0 Å². The number of methoxy groups -OCH3 is 1. The Labute approximate surface area is 114 Å². The molecule has 98 valence electrons. The maximum atomic E-state index is 10.9. The Balaban J connectivity index is 2.29. The summed E-state index contributed by atoms with van der Waals surface area (Å²) in [4.78, 5) is 11.8. The minimum atomic E-state index is -0.508. The van der Waals surface area contributed by atoms with E-state index in [-0.39, 0.29) is 11.4 Å². The van der Waals surface area contributed by atoms with Crippen LogP contribution in [0.25, 0.3) is 0 Å². The van der Waals surface area contributed by atoms with E-state index in [0.717, 1.165) is 16.7 Å². The van der Waals surface area contributed by atoms with Gasteiger partial charge in [-0.2, -0.15) is 0 Å². The Morgan fingerprint density at radius 3 is 2.47 bits per heavy atom. The van der Waals surface area contributed by atoms with Crippen LogP contribution in [0.2, 0.25) is 0 Å². The highest BCUT2D eigenvalue weighted by atomic mass is 32.2. The standard InChI is InChI=1S/C13H11NO4S/c1-18-10-3-5-11(6-4-10)19-13-7-2-9(15)8-12(13)14(16)17/h2-8,15H,1H3. The summed E-state index contributed by atoms with van der Waals surface area (Å²) in [5.74, 6) is 0.607. The first kappa shape index (κ1) is 13.2. The fraction of sp³-hybridized carbons (Fsp3) is 0.0769. The number of phenolic OH excluding ortho intramolecular Hbond substituents is 1. The molecule has 0 radical (unpaired) electrons. The summed E-state index contributed by atoms with van der Waals surface area (Å²) >= 11 is 1.26. The molecule has 0 heterocycles. The molecule has 0 saturated carbocycles. The molecular weight excluding hydrogens is 266 g/mol. The van der Waals surface area contributed by atoms with Crippen LogP contribution in [0.15, 0.2) is 52.3 Å². The zero-order chi connectivity index (χ0) is 13.8. The van der Waals surface area contributed by atoms with Gasteiger partial charge in [-0.3, -0.25) is 10.1 Å². The highest BCUT2D eigenvalue weighted by Crippen LogP contribution is 2.37. The largest absolute Gasteiger partial charge is 0.508 e. The molecule has 0 aromatic heterocycles. The van der Waals surface area contributed by atoms with E-state index >= 15 is 0 Å². The van der Waals surface area contributed by atoms with E-state index in [1.165, 1.54) is 23.9 Å². The van der Waals surface area contributed by atoms with Gasteiger partial charge in [0.05, 0.1) is 23.0 Å². The number of hydrogen-bond donors (Lipinski definition) is 1. The summed E-state index contributed by atoms with van der Waals surface area (Å²) in [7, 11) is 1.58. The van der Waals surface area contributed by atoms with Crippen LogP contribution in [0.5, 0.6) is 11.5 Å². The third-order valence-corrected chi connectivity index (χ3v) is 3.50. The van der Waals surface area contributed by atoms with Crippen molar-refractivity contribution in [3.8, 4) is 11.5 Å². The van der Waals surface area contributed by atoms with E-state index in [1.807, 2.05) is 12.1 Å². The lowest BCUT2D eigenvalue weighted by atomic mass is 10.3. The third kappa shape index (κ3) is 3.17. The zero-order valence-electron chi connectivity index (χ0n) is 10.1. The van der Waals surface area contributed by atoms with E-state index in [1.54, 1.807) is 19.2 Å². The number of nitro groups is 1. The number of nitrogens with zero attached hydrogens (tertiary/aromatic N) is 1. The highest BCUT2D eigenvalue weighted by molar-refractivity contribution is 7.99. The zero-order valence-corrected chi connectivity index (χ0v) is 10.9. The molecule has 2 rings (SSSR count). The monoisotopic (exact) mass is 277 g/mol. The number of phenols is 1. The molecule has 6 heteroatoms. The number of ether oxygens (including phenoxy) is 1. The minimum Gasteiger partial charge on any atom is -0.508 e. The van der Waals surface area contributed by atoms with Crippen molar-refractivity contribution in [1.29, 1.82) is 0 Å². The van der Waals surface area contributed by atoms with Crippen LogP contribution in [-0.2, 0) is 0 Å². The normalized spacial score (nSPS) is 10.2. The molecule has 0 spiro atoms. The van der Waals surface area contributed by atoms with Crippen LogP contribution in [0.3, 0.4) is 0 Å². The molecule has 0 bridgehead atoms. The van der Waals surface area contributed by atoms with E-state index < -0.39 is 4.92 Å². The second kappa shape index (κ2) is 5.62. The van der Waals surface area contributed by atoms with Crippen molar-refractivity contribution in [2.24, 2.45) is 0 Å². The topological polar surface area (TPSA) is 72.6 Å². The van der Waals surface area contributed by atoms with Crippen molar-refractivity contribution in [1.82, 2.24) is 0 Å². The van der Waals surface area contributed by atoms with E-state index in [9.17, 15) is 15.2 Å². The lowest BCUT2D eigenvalue weighted by Gasteiger charge is -2.04. The third-order valence-electron chi connectivity index (χ3n) is 2.43. The lowest BCUT2D eigenvalue weighted by molar-refractivity contribution is -0.387. The van der Waals surface area contributed by atoms with Crippen molar-refractivity contribution in [3.63, 3.8) is 0 Å². The predicted molar refractivity (Wildman–Crippen MR) is 71.9 cm³/mol. The summed E-state index contributed by atoms with van der Waals surface area (Å²) in [6.07, 6.45) is 0. The SMILES string of the molecule is COc1ccc(Sc2ccc(O)cc2[N+](=O)[O-])cc1. The molecule has 0 fully saturated rings. The smallest absolute Gasteiger partial charge is 0.286 e. The molecule has 2 aromatic rings. The summed E-state index contributed by atoms with van der Waals surface area (Å²) in [5, 5.41) is 20.2. The molecule has 0 atom stereocenters. The molecule has 0 unspecified atom stereocenters. The van der Waals surface area contributed by atoms with Crippen molar-refractivity contribution in [2.45, 2.75) is 9.79 Å². The second-order valence-electron chi connectivity index (χ2n) is 3.69. The van der Waals surface area contributed by atoms with Crippen molar-refractivity contribution in [2.75, 3.05) is 7.11 Å². The van der Waals surface area contributed by atoms with Crippen LogP contribution in [0, 0.1) is 10.1 Å². The molecule has 0 aliphatic carbocycles. The lowest BCUT2D eigenvalue weighted by Crippen LogP contribution is -1.90. The number of aromatic hydroxyl groups is 1. The second-order valence-corrected chi connectivity index (χ2v) is 4.80. The number of benzene rings is 2. The Bertz CT molecular complexity index is 598. The predicted octanol–water partition coefficient (Wildman–Crippen LogP) is 3.46. The van der Waals surface area contributed by atoms with Crippen molar-refractivity contribution < 1.29 is 14.8 Å². The van der Waals surface area contributed by atoms with Crippen molar-refractivity contribution >= 4 is 17.4 Å². The number of hydrogen-bond acceptors (Lipinski definition) is 5. The molecule has 0 aliphatic heterocycles. The van der Waals surface area contributed by atoms with E-state index in [4.69, 9.17) is 4.74 Å². The van der Waals surface area contributed by atoms with Gasteiger partial charge in [0.1, 0.15) is 11.5 Å². The summed E-state index contributed by atoms with van der Waals surface area (Å²) < 4.78 is 5.05. The molecule has 0 saturated heterocycles. The Morgan fingerprint density at radius 1 is 1.21 bits per heavy atom. The van der Waals surface area contributed by atoms with Gasteiger partial charge in [-0.25, -0.2) is 0 Å². The van der Waals surface area contributed by atoms with Gasteiger partial charge in [-0.05, 0) is 36.4 Å². The molecule has 5 nitrogen and oxygen atoms in total. The van der Waals surface area contributed by atoms with Crippen LogP contribution < -0.4 is 4.74 Å². The maximum absolute atomic E-state index is 10.9. The Hall–Kier alpha value is -2.21.